The molecule has 0 unspecified atom stereocenters. The average Bonchev–Trinajstić information content (AvgIpc) is 2.63. The number of benzene rings is 2. The molecule has 1 heterocycles. The zero-order chi connectivity index (χ0) is 18.5. The Balaban J connectivity index is 1.80. The molecule has 0 amide bonds. The maximum Gasteiger partial charge on any atom is 0.297 e. The molecule has 8 heteroatoms. The quantitative estimate of drug-likeness (QED) is 0.475. The van der Waals surface area contributed by atoms with Crippen LogP contribution in [0.25, 0.3) is 0 Å². The van der Waals surface area contributed by atoms with Crippen LogP contribution in [0.1, 0.15) is 12.5 Å². The lowest BCUT2D eigenvalue weighted by molar-refractivity contribution is 0.597. The summed E-state index contributed by atoms with van der Waals surface area (Å²) in [4.78, 5) is 12.7. The molecule has 0 spiro atoms. The second kappa shape index (κ2) is 8.83. The first kappa shape index (κ1) is 19.1. The van der Waals surface area contributed by atoms with Gasteiger partial charge in [-0.15, -0.1) is 10.2 Å². The first-order chi connectivity index (χ1) is 12.6. The Bertz CT molecular complexity index is 960. The van der Waals surface area contributed by atoms with Crippen molar-refractivity contribution in [2.75, 3.05) is 5.32 Å². The zero-order valence-electron chi connectivity index (χ0n) is 13.9. The number of rotatable bonds is 6. The first-order valence-electron chi connectivity index (χ1n) is 7.94. The SMILES string of the molecule is CCn1c(SCc2ccc(Br)cc2)nnc(Nc2cccc(Br)c2)c1=O. The van der Waals surface area contributed by atoms with Crippen molar-refractivity contribution in [3.05, 3.63) is 73.4 Å². The van der Waals surface area contributed by atoms with Crippen LogP contribution in [0.15, 0.2) is 67.4 Å². The Hall–Kier alpha value is -1.64. The lowest BCUT2D eigenvalue weighted by Gasteiger charge is -2.11. The molecule has 0 aliphatic carbocycles. The Morgan fingerprint density at radius 3 is 2.54 bits per heavy atom. The van der Waals surface area contributed by atoms with Crippen LogP contribution < -0.4 is 10.9 Å². The third-order valence-electron chi connectivity index (χ3n) is 3.60. The van der Waals surface area contributed by atoms with E-state index >= 15 is 0 Å². The summed E-state index contributed by atoms with van der Waals surface area (Å²) >= 11 is 8.35. The summed E-state index contributed by atoms with van der Waals surface area (Å²) in [5.41, 5.74) is 1.76. The van der Waals surface area contributed by atoms with Gasteiger partial charge in [0.1, 0.15) is 0 Å². The topological polar surface area (TPSA) is 59.8 Å². The minimum Gasteiger partial charge on any atom is -0.334 e. The van der Waals surface area contributed by atoms with Crippen LogP contribution in [0.4, 0.5) is 11.5 Å². The Morgan fingerprint density at radius 2 is 1.85 bits per heavy atom. The highest BCUT2D eigenvalue weighted by Gasteiger charge is 2.12. The molecule has 0 fully saturated rings. The van der Waals surface area contributed by atoms with Gasteiger partial charge in [-0.05, 0) is 42.8 Å². The number of hydrogen-bond donors (Lipinski definition) is 1. The first-order valence-corrected chi connectivity index (χ1v) is 10.5. The summed E-state index contributed by atoms with van der Waals surface area (Å²) in [6.07, 6.45) is 0. The fourth-order valence-corrected chi connectivity index (χ4v) is 3.92. The lowest BCUT2D eigenvalue weighted by Crippen LogP contribution is -2.26. The van der Waals surface area contributed by atoms with E-state index in [0.29, 0.717) is 11.7 Å². The van der Waals surface area contributed by atoms with Gasteiger partial charge in [0.25, 0.3) is 5.56 Å². The number of thioether (sulfide) groups is 1. The third kappa shape index (κ3) is 4.75. The average molecular weight is 496 g/mol. The second-order valence-electron chi connectivity index (χ2n) is 5.43. The van der Waals surface area contributed by atoms with Crippen molar-refractivity contribution in [3.8, 4) is 0 Å². The van der Waals surface area contributed by atoms with E-state index in [1.165, 1.54) is 11.8 Å². The molecule has 1 aromatic heterocycles. The molecule has 5 nitrogen and oxygen atoms in total. The van der Waals surface area contributed by atoms with Crippen LogP contribution in [0.2, 0.25) is 0 Å². The highest BCUT2D eigenvalue weighted by molar-refractivity contribution is 9.10. The lowest BCUT2D eigenvalue weighted by atomic mass is 10.2. The summed E-state index contributed by atoms with van der Waals surface area (Å²) in [6, 6.07) is 15.7. The molecular formula is C18H16Br2N4OS. The van der Waals surface area contributed by atoms with Crippen LogP contribution in [0.5, 0.6) is 0 Å². The molecule has 26 heavy (non-hydrogen) atoms. The summed E-state index contributed by atoms with van der Waals surface area (Å²) < 4.78 is 3.60. The molecule has 0 aliphatic rings. The summed E-state index contributed by atoms with van der Waals surface area (Å²) in [6.45, 7) is 2.46. The summed E-state index contributed by atoms with van der Waals surface area (Å²) in [5, 5.41) is 12.0. The molecule has 134 valence electrons. The zero-order valence-corrected chi connectivity index (χ0v) is 17.9. The van der Waals surface area contributed by atoms with E-state index in [4.69, 9.17) is 0 Å². The van der Waals surface area contributed by atoms with Gasteiger partial charge in [0.05, 0.1) is 0 Å². The van der Waals surface area contributed by atoms with Gasteiger partial charge in [-0.1, -0.05) is 61.8 Å². The highest BCUT2D eigenvalue weighted by atomic mass is 79.9. The van der Waals surface area contributed by atoms with E-state index in [1.54, 1.807) is 4.57 Å². The number of anilines is 2. The minimum atomic E-state index is -0.180. The molecule has 0 saturated heterocycles. The number of aromatic nitrogens is 3. The fraction of sp³-hybridized carbons (Fsp3) is 0.167. The van der Waals surface area contributed by atoms with E-state index < -0.39 is 0 Å². The van der Waals surface area contributed by atoms with Crippen LogP contribution in [-0.2, 0) is 12.3 Å². The van der Waals surface area contributed by atoms with Crippen molar-refractivity contribution >= 4 is 55.1 Å². The molecule has 3 rings (SSSR count). The van der Waals surface area contributed by atoms with Gasteiger partial charge in [-0.25, -0.2) is 0 Å². The van der Waals surface area contributed by atoms with Crippen molar-refractivity contribution in [2.45, 2.75) is 24.4 Å². The van der Waals surface area contributed by atoms with Crippen molar-refractivity contribution in [2.24, 2.45) is 0 Å². The predicted octanol–water partition coefficient (Wildman–Crippen LogP) is 5.22. The van der Waals surface area contributed by atoms with Crippen molar-refractivity contribution in [3.63, 3.8) is 0 Å². The summed E-state index contributed by atoms with van der Waals surface area (Å²) in [7, 11) is 0. The molecule has 3 aromatic rings. The van der Waals surface area contributed by atoms with Gasteiger partial charge < -0.3 is 5.32 Å². The number of nitrogens with zero attached hydrogens (tertiary/aromatic N) is 3. The van der Waals surface area contributed by atoms with E-state index in [-0.39, 0.29) is 11.4 Å². The van der Waals surface area contributed by atoms with Gasteiger partial charge in [0.15, 0.2) is 5.16 Å². The molecule has 0 radical (unpaired) electrons. The monoisotopic (exact) mass is 494 g/mol. The molecule has 0 saturated carbocycles. The third-order valence-corrected chi connectivity index (χ3v) is 5.66. The van der Waals surface area contributed by atoms with Crippen LogP contribution in [0, 0.1) is 0 Å². The molecule has 0 aliphatic heterocycles. The normalized spacial score (nSPS) is 10.7. The van der Waals surface area contributed by atoms with E-state index in [0.717, 1.165) is 25.9 Å². The van der Waals surface area contributed by atoms with E-state index in [1.807, 2.05) is 55.5 Å². The molecule has 2 aromatic carbocycles. The van der Waals surface area contributed by atoms with Crippen LogP contribution in [-0.4, -0.2) is 14.8 Å². The van der Waals surface area contributed by atoms with E-state index in [9.17, 15) is 4.79 Å². The molecule has 1 N–H and O–H groups in total. The second-order valence-corrected chi connectivity index (χ2v) is 8.20. The predicted molar refractivity (Wildman–Crippen MR) is 113 cm³/mol. The smallest absolute Gasteiger partial charge is 0.297 e. The Morgan fingerprint density at radius 1 is 1.08 bits per heavy atom. The highest BCUT2D eigenvalue weighted by Crippen LogP contribution is 2.22. The van der Waals surface area contributed by atoms with Gasteiger partial charge in [-0.3, -0.25) is 9.36 Å². The van der Waals surface area contributed by atoms with Gasteiger partial charge in [-0.2, -0.15) is 0 Å². The van der Waals surface area contributed by atoms with Gasteiger partial charge in [0, 0.05) is 26.9 Å². The van der Waals surface area contributed by atoms with Crippen LogP contribution >= 0.6 is 43.6 Å². The number of nitrogens with one attached hydrogen (secondary N) is 1. The maximum absolute atomic E-state index is 12.7. The molecule has 0 atom stereocenters. The maximum atomic E-state index is 12.7. The number of halogens is 2. The Kier molecular flexibility index (Phi) is 6.50. The van der Waals surface area contributed by atoms with Crippen LogP contribution in [0.3, 0.4) is 0 Å². The summed E-state index contributed by atoms with van der Waals surface area (Å²) in [5.74, 6) is 0.942. The van der Waals surface area contributed by atoms with Gasteiger partial charge >= 0.3 is 0 Å². The van der Waals surface area contributed by atoms with Gasteiger partial charge in [0.2, 0.25) is 5.82 Å². The standard InChI is InChI=1S/C18H16Br2N4OS/c1-2-24-17(25)16(21-15-5-3-4-14(20)10-15)22-23-18(24)26-11-12-6-8-13(19)9-7-12/h3-10H,2,11H2,1H3,(H,21,22). The van der Waals surface area contributed by atoms with Crippen molar-refractivity contribution in [1.29, 1.82) is 0 Å². The fourth-order valence-electron chi connectivity index (χ4n) is 2.30. The largest absolute Gasteiger partial charge is 0.334 e. The van der Waals surface area contributed by atoms with Crippen molar-refractivity contribution < 1.29 is 0 Å². The van der Waals surface area contributed by atoms with Crippen molar-refractivity contribution in [1.82, 2.24) is 14.8 Å². The minimum absolute atomic E-state index is 0.180. The molecule has 0 bridgehead atoms. The Labute approximate surface area is 172 Å². The number of hydrogen-bond acceptors (Lipinski definition) is 5. The molecular weight excluding hydrogens is 480 g/mol. The van der Waals surface area contributed by atoms with E-state index in [2.05, 4.69) is 47.4 Å².